The largest absolute Gasteiger partial charge is 0.497 e. The van der Waals surface area contributed by atoms with E-state index in [0.717, 1.165) is 36.6 Å². The highest BCUT2D eigenvalue weighted by atomic mass is 16.5. The van der Waals surface area contributed by atoms with Gasteiger partial charge in [-0.05, 0) is 74.2 Å². The van der Waals surface area contributed by atoms with Crippen molar-refractivity contribution in [3.63, 3.8) is 0 Å². The molecule has 2 aromatic carbocycles. The fourth-order valence-electron chi connectivity index (χ4n) is 5.32. The number of hydrazine groups is 1. The maximum atomic E-state index is 13.7. The van der Waals surface area contributed by atoms with Crippen LogP contribution in [0.4, 0.5) is 11.4 Å². The zero-order chi connectivity index (χ0) is 26.7. The molecule has 4 rings (SSSR count). The number of nitrogens with zero attached hydrogens (tertiary/aromatic N) is 2. The van der Waals surface area contributed by atoms with E-state index in [4.69, 9.17) is 9.47 Å². The number of likely N-dealkylation sites (N-methyl/N-ethyl adjacent to an activating group) is 1. The summed E-state index contributed by atoms with van der Waals surface area (Å²) < 4.78 is 10.7. The molecule has 38 heavy (non-hydrogen) atoms. The van der Waals surface area contributed by atoms with Crippen molar-refractivity contribution in [1.29, 1.82) is 0 Å². The topological polar surface area (TPSA) is 83.1 Å². The second kappa shape index (κ2) is 14.0. The van der Waals surface area contributed by atoms with Gasteiger partial charge in [0.1, 0.15) is 11.8 Å². The standard InChI is InChI=1S/C30H42N4O4/c1-3-34(32-25-12-16-27(37-2)17-13-25)30(36)28(18-9-23-7-5-4-6-8-23)31-29(35)24-10-14-26(15-11-24)33-19-21-38-22-20-33/h10-17,23,28,32H,3-9,18-22H2,1-2H3,(H,31,35). The van der Waals surface area contributed by atoms with Gasteiger partial charge in [-0.25, -0.2) is 0 Å². The molecule has 1 heterocycles. The third-order valence-electron chi connectivity index (χ3n) is 7.63. The Morgan fingerprint density at radius 2 is 1.71 bits per heavy atom. The molecule has 0 aromatic heterocycles. The quantitative estimate of drug-likeness (QED) is 0.410. The molecule has 1 unspecified atom stereocenters. The van der Waals surface area contributed by atoms with E-state index in [0.29, 0.717) is 37.7 Å². The van der Waals surface area contributed by atoms with Crippen molar-refractivity contribution in [1.82, 2.24) is 10.3 Å². The molecule has 0 radical (unpaired) electrons. The average molecular weight is 523 g/mol. The predicted molar refractivity (Wildman–Crippen MR) is 151 cm³/mol. The van der Waals surface area contributed by atoms with Gasteiger partial charge in [0.25, 0.3) is 11.8 Å². The summed E-state index contributed by atoms with van der Waals surface area (Å²) >= 11 is 0. The zero-order valence-corrected chi connectivity index (χ0v) is 22.8. The second-order valence-electron chi connectivity index (χ2n) is 10.2. The van der Waals surface area contributed by atoms with E-state index in [-0.39, 0.29) is 11.8 Å². The van der Waals surface area contributed by atoms with Gasteiger partial charge in [-0.1, -0.05) is 32.1 Å². The molecule has 8 heteroatoms. The Morgan fingerprint density at radius 3 is 2.34 bits per heavy atom. The molecule has 2 aliphatic rings. The Hall–Kier alpha value is -3.26. The van der Waals surface area contributed by atoms with Crippen LogP contribution in [0.1, 0.15) is 62.2 Å². The van der Waals surface area contributed by atoms with Gasteiger partial charge >= 0.3 is 0 Å². The van der Waals surface area contributed by atoms with Crippen LogP contribution in [0.2, 0.25) is 0 Å². The Morgan fingerprint density at radius 1 is 1.03 bits per heavy atom. The fraction of sp³-hybridized carbons (Fsp3) is 0.533. The Kier molecular flexibility index (Phi) is 10.3. The highest BCUT2D eigenvalue weighted by molar-refractivity contribution is 5.98. The van der Waals surface area contributed by atoms with Crippen LogP contribution in [0.25, 0.3) is 0 Å². The molecule has 2 amide bonds. The third kappa shape index (κ3) is 7.63. The van der Waals surface area contributed by atoms with E-state index in [1.807, 2.05) is 55.5 Å². The molecule has 2 fully saturated rings. The summed E-state index contributed by atoms with van der Waals surface area (Å²) in [4.78, 5) is 29.3. The number of ether oxygens (including phenoxy) is 2. The number of carbonyl (C=O) groups excluding carboxylic acids is 2. The predicted octanol–water partition coefficient (Wildman–Crippen LogP) is 4.87. The summed E-state index contributed by atoms with van der Waals surface area (Å²) in [5.41, 5.74) is 5.64. The van der Waals surface area contributed by atoms with Crippen molar-refractivity contribution in [3.8, 4) is 5.75 Å². The lowest BCUT2D eigenvalue weighted by Gasteiger charge is -2.30. The van der Waals surface area contributed by atoms with Crippen molar-refractivity contribution in [3.05, 3.63) is 54.1 Å². The summed E-state index contributed by atoms with van der Waals surface area (Å²) in [6.07, 6.45) is 7.79. The number of carbonyl (C=O) groups is 2. The third-order valence-corrected chi connectivity index (χ3v) is 7.63. The molecule has 2 N–H and O–H groups in total. The number of hydrogen-bond acceptors (Lipinski definition) is 6. The first-order chi connectivity index (χ1) is 18.6. The Labute approximate surface area is 226 Å². The molecule has 1 saturated carbocycles. The molecular weight excluding hydrogens is 480 g/mol. The first-order valence-corrected chi connectivity index (χ1v) is 14.0. The number of methoxy groups -OCH3 is 1. The van der Waals surface area contributed by atoms with Gasteiger partial charge in [-0.15, -0.1) is 0 Å². The van der Waals surface area contributed by atoms with Gasteiger partial charge < -0.3 is 19.7 Å². The van der Waals surface area contributed by atoms with E-state index >= 15 is 0 Å². The van der Waals surface area contributed by atoms with Crippen LogP contribution < -0.4 is 20.4 Å². The summed E-state index contributed by atoms with van der Waals surface area (Å²) in [7, 11) is 1.63. The monoisotopic (exact) mass is 522 g/mol. The van der Waals surface area contributed by atoms with Crippen LogP contribution in [0.5, 0.6) is 5.75 Å². The maximum Gasteiger partial charge on any atom is 0.263 e. The molecule has 0 bridgehead atoms. The van der Waals surface area contributed by atoms with Crippen LogP contribution in [0.15, 0.2) is 48.5 Å². The van der Waals surface area contributed by atoms with Crippen molar-refractivity contribution >= 4 is 23.2 Å². The van der Waals surface area contributed by atoms with Crippen molar-refractivity contribution in [2.24, 2.45) is 5.92 Å². The van der Waals surface area contributed by atoms with Gasteiger partial charge in [0.2, 0.25) is 0 Å². The molecule has 1 saturated heterocycles. The van der Waals surface area contributed by atoms with Gasteiger partial charge in [-0.2, -0.15) is 0 Å². The minimum absolute atomic E-state index is 0.127. The highest BCUT2D eigenvalue weighted by Gasteiger charge is 2.27. The van der Waals surface area contributed by atoms with E-state index in [1.165, 1.54) is 32.1 Å². The summed E-state index contributed by atoms with van der Waals surface area (Å²) in [5, 5.41) is 4.66. The number of anilines is 2. The first-order valence-electron chi connectivity index (χ1n) is 14.0. The Bertz CT molecular complexity index is 1020. The maximum absolute atomic E-state index is 13.7. The molecule has 8 nitrogen and oxygen atoms in total. The minimum atomic E-state index is -0.603. The molecule has 2 aromatic rings. The number of hydrogen-bond donors (Lipinski definition) is 2. The average Bonchev–Trinajstić information content (AvgIpc) is 2.99. The normalized spacial score (nSPS) is 16.9. The SMILES string of the molecule is CCN(Nc1ccc(OC)cc1)C(=O)C(CCC1CCCCC1)NC(=O)c1ccc(N2CCOCC2)cc1. The molecule has 206 valence electrons. The lowest BCUT2D eigenvalue weighted by atomic mass is 9.85. The number of benzene rings is 2. The van der Waals surface area contributed by atoms with Gasteiger partial charge in [-0.3, -0.25) is 20.0 Å². The number of rotatable bonds is 11. The van der Waals surface area contributed by atoms with E-state index in [2.05, 4.69) is 15.6 Å². The Balaban J connectivity index is 1.44. The second-order valence-corrected chi connectivity index (χ2v) is 10.2. The van der Waals surface area contributed by atoms with E-state index in [9.17, 15) is 9.59 Å². The number of nitrogens with one attached hydrogen (secondary N) is 2. The smallest absolute Gasteiger partial charge is 0.263 e. The lowest BCUT2D eigenvalue weighted by Crippen LogP contribution is -2.50. The van der Waals surface area contributed by atoms with Gasteiger partial charge in [0.05, 0.1) is 26.0 Å². The van der Waals surface area contributed by atoms with Crippen molar-refractivity contribution in [2.45, 2.75) is 57.9 Å². The van der Waals surface area contributed by atoms with Crippen LogP contribution >= 0.6 is 0 Å². The molecule has 1 atom stereocenters. The summed E-state index contributed by atoms with van der Waals surface area (Å²) in [6, 6.07) is 14.5. The number of morpholine rings is 1. The minimum Gasteiger partial charge on any atom is -0.497 e. The first kappa shape index (κ1) is 27.8. The molecule has 0 spiro atoms. The van der Waals surface area contributed by atoms with Crippen LogP contribution in [-0.2, 0) is 9.53 Å². The summed E-state index contributed by atoms with van der Waals surface area (Å²) in [6.45, 7) is 5.51. The van der Waals surface area contributed by atoms with Gasteiger partial charge in [0.15, 0.2) is 0 Å². The van der Waals surface area contributed by atoms with Crippen LogP contribution in [-0.4, -0.2) is 62.8 Å². The molecule has 1 aliphatic carbocycles. The highest BCUT2D eigenvalue weighted by Crippen LogP contribution is 2.28. The van der Waals surface area contributed by atoms with E-state index in [1.54, 1.807) is 12.1 Å². The summed E-state index contributed by atoms with van der Waals surface area (Å²) in [5.74, 6) is 1.02. The number of amides is 2. The zero-order valence-electron chi connectivity index (χ0n) is 22.8. The van der Waals surface area contributed by atoms with Crippen molar-refractivity contribution < 1.29 is 19.1 Å². The van der Waals surface area contributed by atoms with Gasteiger partial charge in [0, 0.05) is 30.9 Å². The lowest BCUT2D eigenvalue weighted by molar-refractivity contribution is -0.132. The van der Waals surface area contributed by atoms with Crippen LogP contribution in [0.3, 0.4) is 0 Å². The van der Waals surface area contributed by atoms with Crippen molar-refractivity contribution in [2.75, 3.05) is 50.3 Å². The van der Waals surface area contributed by atoms with E-state index < -0.39 is 6.04 Å². The van der Waals surface area contributed by atoms with Crippen LogP contribution in [0, 0.1) is 5.92 Å². The fourth-order valence-corrected chi connectivity index (χ4v) is 5.32. The molecular formula is C30H42N4O4. The molecule has 1 aliphatic heterocycles.